The van der Waals surface area contributed by atoms with Gasteiger partial charge in [-0.15, -0.1) is 0 Å². The highest BCUT2D eigenvalue weighted by Gasteiger charge is 2.37. The molecular formula is C11H14O4S. The number of rotatable bonds is 2. The summed E-state index contributed by atoms with van der Waals surface area (Å²) in [5.74, 6) is 0.0756. The molecule has 88 valence electrons. The number of sulfone groups is 1. The highest BCUT2D eigenvalue weighted by molar-refractivity contribution is 7.92. The first-order chi connectivity index (χ1) is 7.41. The molecule has 0 saturated heterocycles. The fourth-order valence-electron chi connectivity index (χ4n) is 2.13. The fourth-order valence-corrected chi connectivity index (χ4v) is 4.18. The van der Waals surface area contributed by atoms with Crippen molar-refractivity contribution in [2.45, 2.75) is 36.0 Å². The van der Waals surface area contributed by atoms with Crippen LogP contribution in [0.3, 0.4) is 0 Å². The molecule has 0 fully saturated rings. The molecule has 2 atom stereocenters. The van der Waals surface area contributed by atoms with Crippen molar-refractivity contribution in [2.75, 3.05) is 0 Å². The Morgan fingerprint density at radius 1 is 1.50 bits per heavy atom. The van der Waals surface area contributed by atoms with Crippen LogP contribution >= 0.6 is 0 Å². The summed E-state index contributed by atoms with van der Waals surface area (Å²) in [7, 11) is -3.33. The summed E-state index contributed by atoms with van der Waals surface area (Å²) in [6.45, 7) is 1.58. The Morgan fingerprint density at radius 2 is 2.19 bits per heavy atom. The lowest BCUT2D eigenvalue weighted by Gasteiger charge is -2.10. The quantitative estimate of drug-likeness (QED) is 0.806. The third-order valence-corrected chi connectivity index (χ3v) is 5.09. The van der Waals surface area contributed by atoms with Crippen molar-refractivity contribution in [3.05, 3.63) is 23.8 Å². The second-order valence-electron chi connectivity index (χ2n) is 4.25. The molecule has 4 nitrogen and oxygen atoms in total. The lowest BCUT2D eigenvalue weighted by Crippen LogP contribution is -2.22. The van der Waals surface area contributed by atoms with E-state index < -0.39 is 21.2 Å². The van der Waals surface area contributed by atoms with Gasteiger partial charge in [-0.05, 0) is 43.5 Å². The predicted molar refractivity (Wildman–Crippen MR) is 59.1 cm³/mol. The molecule has 0 saturated carbocycles. The summed E-state index contributed by atoms with van der Waals surface area (Å²) in [6, 6.07) is 4.29. The molecule has 0 spiro atoms. The van der Waals surface area contributed by atoms with Gasteiger partial charge in [-0.2, -0.15) is 0 Å². The van der Waals surface area contributed by atoms with Crippen LogP contribution < -0.4 is 0 Å². The van der Waals surface area contributed by atoms with Crippen LogP contribution in [0.2, 0.25) is 0 Å². The molecule has 1 aromatic rings. The van der Waals surface area contributed by atoms with E-state index >= 15 is 0 Å². The summed E-state index contributed by atoms with van der Waals surface area (Å²) in [5, 5.41) is 18.0. The van der Waals surface area contributed by atoms with E-state index in [0.717, 1.165) is 0 Å². The van der Waals surface area contributed by atoms with Crippen molar-refractivity contribution >= 4 is 9.84 Å². The topological polar surface area (TPSA) is 74.6 Å². The van der Waals surface area contributed by atoms with Crippen LogP contribution in [0.5, 0.6) is 5.75 Å². The van der Waals surface area contributed by atoms with E-state index in [4.69, 9.17) is 0 Å². The Bertz CT molecular complexity index is 505. The van der Waals surface area contributed by atoms with Crippen LogP contribution in [0.15, 0.2) is 23.1 Å². The van der Waals surface area contributed by atoms with Crippen molar-refractivity contribution in [3.8, 4) is 5.75 Å². The molecule has 0 aliphatic carbocycles. The van der Waals surface area contributed by atoms with Gasteiger partial charge in [0, 0.05) is 0 Å². The van der Waals surface area contributed by atoms with Crippen LogP contribution in [0, 0.1) is 0 Å². The normalized spacial score (nSPS) is 24.0. The van der Waals surface area contributed by atoms with Gasteiger partial charge in [-0.1, -0.05) is 0 Å². The molecule has 16 heavy (non-hydrogen) atoms. The number of aliphatic hydroxyl groups is 1. The molecule has 2 N–H and O–H groups in total. The smallest absolute Gasteiger partial charge is 0.181 e. The number of aliphatic hydroxyl groups excluding tert-OH is 1. The highest BCUT2D eigenvalue weighted by Crippen LogP contribution is 2.35. The van der Waals surface area contributed by atoms with Crippen molar-refractivity contribution in [3.63, 3.8) is 0 Å². The van der Waals surface area contributed by atoms with E-state index in [2.05, 4.69) is 0 Å². The summed E-state index contributed by atoms with van der Waals surface area (Å²) < 4.78 is 24.1. The van der Waals surface area contributed by atoms with Crippen LogP contribution in [0.25, 0.3) is 0 Å². The van der Waals surface area contributed by atoms with Crippen LogP contribution in [0.1, 0.15) is 18.9 Å². The minimum atomic E-state index is -3.33. The molecule has 0 aromatic heterocycles. The van der Waals surface area contributed by atoms with E-state index in [0.29, 0.717) is 12.0 Å². The van der Waals surface area contributed by atoms with E-state index in [-0.39, 0.29) is 17.1 Å². The van der Waals surface area contributed by atoms with Crippen molar-refractivity contribution in [2.24, 2.45) is 0 Å². The Morgan fingerprint density at radius 3 is 2.81 bits per heavy atom. The summed E-state index contributed by atoms with van der Waals surface area (Å²) >= 11 is 0. The zero-order chi connectivity index (χ0) is 11.9. The maximum atomic E-state index is 12.0. The molecule has 1 aliphatic rings. The minimum Gasteiger partial charge on any atom is -0.508 e. The lowest BCUT2D eigenvalue weighted by molar-refractivity contribution is 0.183. The number of phenolic OH excluding ortho intramolecular Hbond substituents is 1. The Hall–Kier alpha value is -1.07. The third kappa shape index (κ3) is 1.81. The number of benzene rings is 1. The first kappa shape index (κ1) is 11.4. The van der Waals surface area contributed by atoms with Crippen LogP contribution in [0.4, 0.5) is 0 Å². The Kier molecular flexibility index (Phi) is 2.67. The van der Waals surface area contributed by atoms with Crippen LogP contribution in [-0.4, -0.2) is 30.0 Å². The zero-order valence-corrected chi connectivity index (χ0v) is 9.74. The monoisotopic (exact) mass is 242 g/mol. The van der Waals surface area contributed by atoms with Crippen LogP contribution in [-0.2, 0) is 16.3 Å². The van der Waals surface area contributed by atoms with E-state index in [9.17, 15) is 18.6 Å². The molecule has 1 aliphatic heterocycles. The molecule has 0 bridgehead atoms. The number of hydrogen-bond donors (Lipinski definition) is 2. The van der Waals surface area contributed by atoms with Gasteiger partial charge in [0.15, 0.2) is 9.84 Å². The Balaban J connectivity index is 2.42. The standard InChI is InChI=1S/C11H14O4S/c1-7(12)4-10-6-8-5-9(13)2-3-11(8)16(10,14)15/h2-3,5,7,10,12-13H,4,6H2,1H3. The van der Waals surface area contributed by atoms with Gasteiger partial charge in [0.05, 0.1) is 16.2 Å². The molecule has 5 heteroatoms. The maximum absolute atomic E-state index is 12.0. The molecule has 1 aromatic carbocycles. The van der Waals surface area contributed by atoms with Gasteiger partial charge < -0.3 is 10.2 Å². The van der Waals surface area contributed by atoms with Crippen molar-refractivity contribution in [1.82, 2.24) is 0 Å². The average Bonchev–Trinajstić information content (AvgIpc) is 2.37. The average molecular weight is 242 g/mol. The zero-order valence-electron chi connectivity index (χ0n) is 8.92. The summed E-state index contributed by atoms with van der Waals surface area (Å²) in [6.07, 6.45) is -0.0305. The van der Waals surface area contributed by atoms with E-state index in [1.54, 1.807) is 6.92 Å². The Labute approximate surface area is 94.5 Å². The molecule has 2 rings (SSSR count). The first-order valence-corrected chi connectivity index (χ1v) is 6.69. The second kappa shape index (κ2) is 3.75. The third-order valence-electron chi connectivity index (χ3n) is 2.84. The summed E-state index contributed by atoms with van der Waals surface area (Å²) in [5.41, 5.74) is 0.644. The number of phenols is 1. The molecule has 1 heterocycles. The maximum Gasteiger partial charge on any atom is 0.181 e. The van der Waals surface area contributed by atoms with Gasteiger partial charge in [0.1, 0.15) is 5.75 Å². The van der Waals surface area contributed by atoms with Crippen molar-refractivity contribution < 1.29 is 18.6 Å². The minimum absolute atomic E-state index is 0.0756. The molecule has 0 radical (unpaired) electrons. The SMILES string of the molecule is CC(O)CC1Cc2cc(O)ccc2S1(=O)=O. The molecule has 0 amide bonds. The molecule has 2 unspecified atom stereocenters. The summed E-state index contributed by atoms with van der Waals surface area (Å²) in [4.78, 5) is 0.288. The number of hydrogen-bond acceptors (Lipinski definition) is 4. The van der Waals surface area contributed by atoms with Gasteiger partial charge >= 0.3 is 0 Å². The number of aromatic hydroxyl groups is 1. The molecular weight excluding hydrogens is 228 g/mol. The van der Waals surface area contributed by atoms with Gasteiger partial charge in [-0.25, -0.2) is 8.42 Å². The van der Waals surface area contributed by atoms with Gasteiger partial charge in [-0.3, -0.25) is 0 Å². The predicted octanol–water partition coefficient (Wildman–Crippen LogP) is 0.861. The van der Waals surface area contributed by atoms with Gasteiger partial charge in [0.25, 0.3) is 0 Å². The fraction of sp³-hybridized carbons (Fsp3) is 0.455. The number of fused-ring (bicyclic) bond motifs is 1. The van der Waals surface area contributed by atoms with E-state index in [1.165, 1.54) is 18.2 Å². The highest BCUT2D eigenvalue weighted by atomic mass is 32.2. The first-order valence-electron chi connectivity index (χ1n) is 5.15. The van der Waals surface area contributed by atoms with Crippen molar-refractivity contribution in [1.29, 1.82) is 0 Å². The van der Waals surface area contributed by atoms with Gasteiger partial charge in [0.2, 0.25) is 0 Å². The lowest BCUT2D eigenvalue weighted by atomic mass is 10.1. The second-order valence-corrected chi connectivity index (χ2v) is 6.44. The largest absolute Gasteiger partial charge is 0.508 e. The van der Waals surface area contributed by atoms with E-state index in [1.807, 2.05) is 0 Å².